The summed E-state index contributed by atoms with van der Waals surface area (Å²) in [5.41, 5.74) is 5.88. The SMILES string of the molecule is COc1ccc2cc1-c1cccc(c1)OCC(=O)NCc1ccc(cc1)O[C@@H]1CCN(C(=O)CCc3c(C)nn(C)c3C)C[C@H]1NC2=O. The minimum absolute atomic E-state index is 0.0250. The Hall–Kier alpha value is -5.32. The standard InChI is InChI=1S/C37H41N5O6/c1-23-30(24(2)41(3)40-23)13-15-36(44)42-17-16-34-32(21-42)39-37(45)27-10-14-33(46-4)31(19-27)26-6-5-7-29(18-26)47-22-35(43)38-20-25-8-11-28(48-34)12-9-25/h5-12,14,18-19,32,34H,13,15-17,20-22H2,1-4H3,(H,38,43)(H,39,45)/t32-,34-/m1/s1. The number of likely N-dealkylation sites (tertiary alicyclic amines) is 1. The van der Waals surface area contributed by atoms with Gasteiger partial charge in [0.25, 0.3) is 11.8 Å². The van der Waals surface area contributed by atoms with E-state index in [9.17, 15) is 14.4 Å². The van der Waals surface area contributed by atoms with Gasteiger partial charge in [0.05, 0.1) is 18.8 Å². The summed E-state index contributed by atoms with van der Waals surface area (Å²) < 4.78 is 19.7. The lowest BCUT2D eigenvalue weighted by Crippen LogP contribution is -2.58. The Bertz CT molecular complexity index is 1820. The first-order valence-electron chi connectivity index (χ1n) is 16.2. The third-order valence-corrected chi connectivity index (χ3v) is 9.14. The number of aromatic nitrogens is 2. The van der Waals surface area contributed by atoms with Crippen LogP contribution < -0.4 is 24.8 Å². The molecule has 1 aromatic heterocycles. The number of hydrogen-bond donors (Lipinski definition) is 2. The fourth-order valence-electron chi connectivity index (χ4n) is 6.35. The number of amides is 3. The monoisotopic (exact) mass is 651 g/mol. The number of nitrogens with zero attached hydrogens (tertiary/aromatic N) is 3. The number of rotatable bonds is 4. The van der Waals surface area contributed by atoms with Crippen LogP contribution in [-0.4, -0.2) is 71.4 Å². The van der Waals surface area contributed by atoms with Gasteiger partial charge in [0.1, 0.15) is 23.4 Å². The summed E-state index contributed by atoms with van der Waals surface area (Å²) in [4.78, 5) is 41.8. The van der Waals surface area contributed by atoms with Gasteiger partial charge >= 0.3 is 0 Å². The van der Waals surface area contributed by atoms with Crippen LogP contribution >= 0.6 is 0 Å². The average molecular weight is 652 g/mol. The highest BCUT2D eigenvalue weighted by atomic mass is 16.5. The van der Waals surface area contributed by atoms with E-state index in [0.717, 1.165) is 28.1 Å². The van der Waals surface area contributed by atoms with E-state index >= 15 is 0 Å². The molecule has 3 aromatic carbocycles. The molecular weight excluding hydrogens is 610 g/mol. The highest BCUT2D eigenvalue weighted by Crippen LogP contribution is 2.33. The van der Waals surface area contributed by atoms with Crippen LogP contribution in [0, 0.1) is 13.8 Å². The van der Waals surface area contributed by atoms with E-state index in [0.29, 0.717) is 67.3 Å². The largest absolute Gasteiger partial charge is 0.496 e. The lowest BCUT2D eigenvalue weighted by atomic mass is 9.98. The molecule has 3 amide bonds. The molecule has 4 aromatic rings. The fraction of sp³-hybridized carbons (Fsp3) is 0.351. The van der Waals surface area contributed by atoms with Crippen molar-refractivity contribution in [2.45, 2.75) is 51.8 Å². The van der Waals surface area contributed by atoms with Crippen molar-refractivity contribution in [2.24, 2.45) is 7.05 Å². The van der Waals surface area contributed by atoms with E-state index in [1.165, 1.54) is 0 Å². The Morgan fingerprint density at radius 1 is 1.02 bits per heavy atom. The number of hydrogen-bond acceptors (Lipinski definition) is 7. The summed E-state index contributed by atoms with van der Waals surface area (Å²) in [6.07, 6.45) is 1.12. The molecule has 4 heterocycles. The van der Waals surface area contributed by atoms with Gasteiger partial charge in [-0.15, -0.1) is 0 Å². The van der Waals surface area contributed by atoms with Gasteiger partial charge in [0.15, 0.2) is 6.61 Å². The number of methoxy groups -OCH3 is 1. The molecule has 6 bridgehead atoms. The summed E-state index contributed by atoms with van der Waals surface area (Å²) in [5.74, 6) is 1.22. The van der Waals surface area contributed by atoms with Crippen molar-refractivity contribution in [1.29, 1.82) is 0 Å². The Morgan fingerprint density at radius 3 is 2.58 bits per heavy atom. The van der Waals surface area contributed by atoms with E-state index in [1.807, 2.05) is 72.9 Å². The van der Waals surface area contributed by atoms with Gasteiger partial charge in [0, 0.05) is 56.3 Å². The molecule has 1 saturated heterocycles. The predicted molar refractivity (Wildman–Crippen MR) is 180 cm³/mol. The number of piperidine rings is 1. The van der Waals surface area contributed by atoms with Crippen molar-refractivity contribution >= 4 is 17.7 Å². The molecule has 0 aliphatic carbocycles. The fourth-order valence-corrected chi connectivity index (χ4v) is 6.35. The minimum atomic E-state index is -0.469. The first-order valence-corrected chi connectivity index (χ1v) is 16.2. The first kappa shape index (κ1) is 32.6. The molecule has 11 heteroatoms. The maximum absolute atomic E-state index is 13.9. The maximum Gasteiger partial charge on any atom is 0.258 e. The van der Waals surface area contributed by atoms with E-state index in [2.05, 4.69) is 15.7 Å². The topological polar surface area (TPSA) is 124 Å². The van der Waals surface area contributed by atoms with Crippen molar-refractivity contribution in [3.63, 3.8) is 0 Å². The molecule has 48 heavy (non-hydrogen) atoms. The van der Waals surface area contributed by atoms with Crippen molar-refractivity contribution in [3.05, 3.63) is 94.8 Å². The van der Waals surface area contributed by atoms with Gasteiger partial charge in [-0.3, -0.25) is 19.1 Å². The molecule has 0 saturated carbocycles. The lowest BCUT2D eigenvalue weighted by Gasteiger charge is -2.39. The van der Waals surface area contributed by atoms with Crippen LogP contribution in [0.5, 0.6) is 17.2 Å². The summed E-state index contributed by atoms with van der Waals surface area (Å²) in [5, 5.41) is 10.6. The molecule has 0 radical (unpaired) electrons. The Morgan fingerprint density at radius 2 is 1.83 bits per heavy atom. The number of aryl methyl sites for hydroxylation is 2. The zero-order valence-corrected chi connectivity index (χ0v) is 27.7. The van der Waals surface area contributed by atoms with Crippen molar-refractivity contribution in [2.75, 3.05) is 26.8 Å². The molecule has 0 spiro atoms. The second kappa shape index (κ2) is 14.2. The van der Waals surface area contributed by atoms with Crippen LogP contribution in [0.25, 0.3) is 11.1 Å². The molecule has 1 fully saturated rings. The normalized spacial score (nSPS) is 18.1. The Balaban J connectivity index is 1.28. The van der Waals surface area contributed by atoms with Crippen LogP contribution in [0.4, 0.5) is 0 Å². The average Bonchev–Trinajstić information content (AvgIpc) is 3.34. The number of fused-ring (bicyclic) bond motifs is 7. The van der Waals surface area contributed by atoms with Gasteiger partial charge in [-0.05, 0) is 79.4 Å². The summed E-state index contributed by atoms with van der Waals surface area (Å²) in [6, 6.07) is 19.6. The van der Waals surface area contributed by atoms with Crippen molar-refractivity contribution in [1.82, 2.24) is 25.3 Å². The zero-order chi connectivity index (χ0) is 33.8. The molecule has 7 rings (SSSR count). The number of benzene rings is 3. The second-order valence-electron chi connectivity index (χ2n) is 12.3. The summed E-state index contributed by atoms with van der Waals surface area (Å²) >= 11 is 0. The molecule has 3 aliphatic heterocycles. The molecule has 2 N–H and O–H groups in total. The van der Waals surface area contributed by atoms with Crippen LogP contribution in [0.2, 0.25) is 0 Å². The lowest BCUT2D eigenvalue weighted by molar-refractivity contribution is -0.133. The highest BCUT2D eigenvalue weighted by molar-refractivity contribution is 5.96. The second-order valence-corrected chi connectivity index (χ2v) is 12.3. The van der Waals surface area contributed by atoms with Gasteiger partial charge in [-0.2, -0.15) is 5.10 Å². The van der Waals surface area contributed by atoms with E-state index < -0.39 is 6.04 Å². The van der Waals surface area contributed by atoms with E-state index in [4.69, 9.17) is 14.2 Å². The smallest absolute Gasteiger partial charge is 0.258 e. The number of nitrogens with one attached hydrogen (secondary N) is 2. The predicted octanol–water partition coefficient (Wildman–Crippen LogP) is 4.13. The minimum Gasteiger partial charge on any atom is -0.496 e. The van der Waals surface area contributed by atoms with Gasteiger partial charge in [-0.1, -0.05) is 24.3 Å². The number of carbonyl (C=O) groups excluding carboxylic acids is 3. The van der Waals surface area contributed by atoms with Gasteiger partial charge < -0.3 is 29.7 Å². The zero-order valence-electron chi connectivity index (χ0n) is 27.7. The quantitative estimate of drug-likeness (QED) is 0.340. The Labute approximate surface area is 280 Å². The third kappa shape index (κ3) is 7.30. The highest BCUT2D eigenvalue weighted by Gasteiger charge is 2.34. The van der Waals surface area contributed by atoms with Crippen LogP contribution in [-0.2, 0) is 29.6 Å². The van der Waals surface area contributed by atoms with Crippen molar-refractivity contribution in [3.8, 4) is 28.4 Å². The third-order valence-electron chi connectivity index (χ3n) is 9.14. The van der Waals surface area contributed by atoms with Gasteiger partial charge in [-0.25, -0.2) is 0 Å². The molecule has 250 valence electrons. The number of ether oxygens (including phenoxy) is 3. The molecular formula is C37H41N5O6. The molecule has 11 nitrogen and oxygen atoms in total. The molecule has 3 aliphatic rings. The van der Waals surface area contributed by atoms with Gasteiger partial charge in [0.2, 0.25) is 5.91 Å². The van der Waals surface area contributed by atoms with Crippen LogP contribution in [0.3, 0.4) is 0 Å². The molecule has 2 atom stereocenters. The van der Waals surface area contributed by atoms with Crippen LogP contribution in [0.1, 0.15) is 45.7 Å². The summed E-state index contributed by atoms with van der Waals surface area (Å²) in [7, 11) is 3.48. The number of carbonyl (C=O) groups is 3. The Kier molecular flexibility index (Phi) is 9.65. The van der Waals surface area contributed by atoms with E-state index in [1.54, 1.807) is 31.4 Å². The maximum atomic E-state index is 13.9. The van der Waals surface area contributed by atoms with Crippen molar-refractivity contribution < 1.29 is 28.6 Å². The van der Waals surface area contributed by atoms with E-state index in [-0.39, 0.29) is 30.4 Å². The molecule has 0 unspecified atom stereocenters. The van der Waals surface area contributed by atoms with Crippen LogP contribution in [0.15, 0.2) is 66.7 Å². The summed E-state index contributed by atoms with van der Waals surface area (Å²) in [6.45, 7) is 5.00. The first-order chi connectivity index (χ1) is 23.2.